The van der Waals surface area contributed by atoms with E-state index >= 15 is 0 Å². The molecule has 2 amide bonds. The quantitative estimate of drug-likeness (QED) is 0.464. The van der Waals surface area contributed by atoms with Crippen molar-refractivity contribution in [3.63, 3.8) is 0 Å². The number of carbonyl (C=O) groups excluding carboxylic acids is 2. The zero-order valence-electron chi connectivity index (χ0n) is 16.7. The number of rotatable bonds is 5. The summed E-state index contributed by atoms with van der Waals surface area (Å²) in [5.41, 5.74) is 1.82. The molecule has 4 rings (SSSR count). The summed E-state index contributed by atoms with van der Waals surface area (Å²) in [6.45, 7) is -0.532. The fraction of sp³-hybridized carbons (Fsp3) is 0.227. The van der Waals surface area contributed by atoms with Gasteiger partial charge in [0.1, 0.15) is 5.82 Å². The minimum Gasteiger partial charge on any atom is -0.342 e. The smallest absolute Gasteiger partial charge is 0.272 e. The number of anilines is 1. The van der Waals surface area contributed by atoms with Gasteiger partial charge in [0.25, 0.3) is 5.91 Å². The van der Waals surface area contributed by atoms with Crippen molar-refractivity contribution < 1.29 is 27.2 Å². The Morgan fingerprint density at radius 3 is 2.41 bits per heavy atom. The first-order valence-electron chi connectivity index (χ1n) is 9.93. The summed E-state index contributed by atoms with van der Waals surface area (Å²) in [6.07, 6.45) is 3.12. The van der Waals surface area contributed by atoms with Crippen LogP contribution in [-0.2, 0) is 17.6 Å². The van der Waals surface area contributed by atoms with E-state index in [1.807, 2.05) is 0 Å². The van der Waals surface area contributed by atoms with Gasteiger partial charge in [0.05, 0.1) is 17.9 Å². The minimum atomic E-state index is -1.70. The highest BCUT2D eigenvalue weighted by atomic mass is 19.2. The van der Waals surface area contributed by atoms with Gasteiger partial charge < -0.3 is 10.6 Å². The van der Waals surface area contributed by atoms with Crippen molar-refractivity contribution in [3.8, 4) is 5.69 Å². The molecule has 10 heteroatoms. The van der Waals surface area contributed by atoms with Crippen molar-refractivity contribution in [2.45, 2.75) is 25.7 Å². The number of carbonyl (C=O) groups is 2. The lowest BCUT2D eigenvalue weighted by atomic mass is 9.95. The van der Waals surface area contributed by atoms with Gasteiger partial charge in [-0.3, -0.25) is 9.59 Å². The van der Waals surface area contributed by atoms with E-state index in [0.717, 1.165) is 30.2 Å². The molecule has 1 aromatic heterocycles. The Balaban J connectivity index is 1.49. The van der Waals surface area contributed by atoms with Crippen molar-refractivity contribution >= 4 is 17.5 Å². The second-order valence-corrected chi connectivity index (χ2v) is 7.32. The van der Waals surface area contributed by atoms with E-state index in [1.54, 1.807) is 16.8 Å². The third-order valence-electron chi connectivity index (χ3n) is 5.19. The molecule has 166 valence electrons. The maximum Gasteiger partial charge on any atom is 0.272 e. The molecule has 0 fully saturated rings. The number of halogens is 4. The van der Waals surface area contributed by atoms with Crippen LogP contribution in [0.3, 0.4) is 0 Å². The van der Waals surface area contributed by atoms with Gasteiger partial charge in [-0.15, -0.1) is 0 Å². The molecule has 0 aliphatic heterocycles. The number of benzene rings is 2. The average Bonchev–Trinajstić information content (AvgIpc) is 3.18. The van der Waals surface area contributed by atoms with E-state index < -0.39 is 47.3 Å². The van der Waals surface area contributed by atoms with Crippen LogP contribution in [0.4, 0.5) is 23.2 Å². The second kappa shape index (κ2) is 8.81. The predicted octanol–water partition coefficient (Wildman–Crippen LogP) is 3.68. The molecule has 0 saturated carbocycles. The summed E-state index contributed by atoms with van der Waals surface area (Å²) in [7, 11) is 0. The van der Waals surface area contributed by atoms with E-state index in [9.17, 15) is 27.2 Å². The van der Waals surface area contributed by atoms with Crippen LogP contribution >= 0.6 is 0 Å². The molecule has 2 aromatic carbocycles. The molecule has 1 aliphatic rings. The molecule has 0 spiro atoms. The topological polar surface area (TPSA) is 76.0 Å². The number of hydrogen-bond acceptors (Lipinski definition) is 3. The third-order valence-corrected chi connectivity index (χ3v) is 5.19. The van der Waals surface area contributed by atoms with E-state index in [2.05, 4.69) is 15.7 Å². The normalized spacial score (nSPS) is 12.9. The summed E-state index contributed by atoms with van der Waals surface area (Å²) in [5, 5.41) is 8.89. The zero-order valence-corrected chi connectivity index (χ0v) is 16.7. The van der Waals surface area contributed by atoms with Gasteiger partial charge in [-0.2, -0.15) is 5.10 Å². The van der Waals surface area contributed by atoms with Gasteiger partial charge in [0.15, 0.2) is 23.1 Å². The second-order valence-electron chi connectivity index (χ2n) is 7.32. The monoisotopic (exact) mass is 446 g/mol. The van der Waals surface area contributed by atoms with E-state index in [0.29, 0.717) is 24.6 Å². The van der Waals surface area contributed by atoms with Crippen molar-refractivity contribution in [1.29, 1.82) is 0 Å². The number of hydrogen-bond donors (Lipinski definition) is 2. The van der Waals surface area contributed by atoms with E-state index in [1.165, 1.54) is 12.1 Å². The van der Waals surface area contributed by atoms with E-state index in [-0.39, 0.29) is 5.69 Å². The summed E-state index contributed by atoms with van der Waals surface area (Å²) >= 11 is 0. The van der Waals surface area contributed by atoms with E-state index in [4.69, 9.17) is 0 Å². The Hall–Kier alpha value is -3.69. The molecule has 32 heavy (non-hydrogen) atoms. The standard InChI is InChI=1S/C22H18F4N4O2/c23-12-5-7-13(8-6-12)30-17-4-2-1-3-14(17)21(29-30)22(32)27-11-18(31)28-16-10-9-15(24)19(25)20(16)26/h5-10H,1-4,11H2,(H,27,32)(H,28,31). The van der Waals surface area contributed by atoms with Crippen LogP contribution in [0.1, 0.15) is 34.6 Å². The highest BCUT2D eigenvalue weighted by Gasteiger charge is 2.26. The molecule has 0 atom stereocenters. The molecule has 6 nitrogen and oxygen atoms in total. The molecule has 0 saturated heterocycles. The van der Waals surface area contributed by atoms with Gasteiger partial charge in [0.2, 0.25) is 5.91 Å². The van der Waals surface area contributed by atoms with Gasteiger partial charge in [-0.05, 0) is 62.1 Å². The van der Waals surface area contributed by atoms with Gasteiger partial charge in [0, 0.05) is 11.3 Å². The van der Waals surface area contributed by atoms with Crippen LogP contribution in [0.5, 0.6) is 0 Å². The number of nitrogens with one attached hydrogen (secondary N) is 2. The van der Waals surface area contributed by atoms with Gasteiger partial charge in [-0.25, -0.2) is 22.2 Å². The average molecular weight is 446 g/mol. The molecular weight excluding hydrogens is 428 g/mol. The van der Waals surface area contributed by atoms with Crippen molar-refractivity contribution in [1.82, 2.24) is 15.1 Å². The Kier molecular flexibility index (Phi) is 5.93. The van der Waals surface area contributed by atoms with Crippen LogP contribution < -0.4 is 10.6 Å². The van der Waals surface area contributed by atoms with Crippen LogP contribution in [0, 0.1) is 23.3 Å². The molecule has 2 N–H and O–H groups in total. The number of nitrogens with zero attached hydrogens (tertiary/aromatic N) is 2. The largest absolute Gasteiger partial charge is 0.342 e. The minimum absolute atomic E-state index is 0.149. The first-order valence-corrected chi connectivity index (χ1v) is 9.93. The van der Waals surface area contributed by atoms with Crippen LogP contribution in [0.15, 0.2) is 36.4 Å². The zero-order chi connectivity index (χ0) is 22.8. The van der Waals surface area contributed by atoms with Crippen LogP contribution in [0.2, 0.25) is 0 Å². The Bertz CT molecular complexity index is 1190. The fourth-order valence-electron chi connectivity index (χ4n) is 3.64. The lowest BCUT2D eigenvalue weighted by Crippen LogP contribution is -2.34. The van der Waals surface area contributed by atoms with Gasteiger partial charge >= 0.3 is 0 Å². The predicted molar refractivity (Wildman–Crippen MR) is 107 cm³/mol. The highest BCUT2D eigenvalue weighted by Crippen LogP contribution is 2.27. The van der Waals surface area contributed by atoms with Gasteiger partial charge in [-0.1, -0.05) is 0 Å². The summed E-state index contributed by atoms with van der Waals surface area (Å²) < 4.78 is 54.9. The Morgan fingerprint density at radius 2 is 1.66 bits per heavy atom. The van der Waals surface area contributed by atoms with Crippen molar-refractivity contribution in [2.24, 2.45) is 0 Å². The molecule has 0 unspecified atom stereocenters. The van der Waals surface area contributed by atoms with Crippen LogP contribution in [-0.4, -0.2) is 28.1 Å². The number of amides is 2. The number of aromatic nitrogens is 2. The first kappa shape index (κ1) is 21.5. The Morgan fingerprint density at radius 1 is 0.938 bits per heavy atom. The molecule has 1 aliphatic carbocycles. The molecule has 1 heterocycles. The molecule has 0 radical (unpaired) electrons. The molecular formula is C22H18F4N4O2. The van der Waals surface area contributed by atoms with Crippen LogP contribution in [0.25, 0.3) is 5.69 Å². The molecule has 3 aromatic rings. The maximum atomic E-state index is 13.7. The summed E-state index contributed by atoms with van der Waals surface area (Å²) in [6, 6.07) is 7.28. The lowest BCUT2D eigenvalue weighted by molar-refractivity contribution is -0.115. The SMILES string of the molecule is O=C(CNC(=O)c1nn(-c2ccc(F)cc2)c2c1CCCC2)Nc1ccc(F)c(F)c1F. The van der Waals surface area contributed by atoms with Crippen molar-refractivity contribution in [2.75, 3.05) is 11.9 Å². The lowest BCUT2D eigenvalue weighted by Gasteiger charge is -2.14. The summed E-state index contributed by atoms with van der Waals surface area (Å²) in [4.78, 5) is 24.8. The molecule has 0 bridgehead atoms. The maximum absolute atomic E-state index is 13.7. The fourth-order valence-corrected chi connectivity index (χ4v) is 3.64. The van der Waals surface area contributed by atoms with Crippen molar-refractivity contribution in [3.05, 3.63) is 76.6 Å². The first-order chi connectivity index (χ1) is 15.3. The Labute approximate surface area is 180 Å². The number of fused-ring (bicyclic) bond motifs is 1. The summed E-state index contributed by atoms with van der Waals surface area (Å²) in [5.74, 6) is -6.44. The highest BCUT2D eigenvalue weighted by molar-refractivity contribution is 5.99. The third kappa shape index (κ3) is 4.20.